The van der Waals surface area contributed by atoms with E-state index < -0.39 is 5.97 Å². The predicted molar refractivity (Wildman–Crippen MR) is 47.5 cm³/mol. The highest BCUT2D eigenvalue weighted by Gasteiger charge is 2.11. The minimum Gasteiger partial charge on any atom is -0.478 e. The Balaban J connectivity index is 2.86. The van der Waals surface area contributed by atoms with Gasteiger partial charge in [0, 0.05) is 0 Å². The lowest BCUT2D eigenvalue weighted by molar-refractivity contribution is 0.0699. The van der Waals surface area contributed by atoms with Crippen LogP contribution in [-0.4, -0.2) is 21.0 Å². The molecule has 0 aliphatic rings. The molecule has 0 saturated heterocycles. The van der Waals surface area contributed by atoms with Crippen molar-refractivity contribution in [3.8, 4) is 0 Å². The SMILES string of the molecule is Nc1ccc(C(=O)O)c2nc[nH]c12. The van der Waals surface area contributed by atoms with E-state index >= 15 is 0 Å². The molecule has 2 rings (SSSR count). The molecule has 4 N–H and O–H groups in total. The van der Waals surface area contributed by atoms with Gasteiger partial charge in [-0.05, 0) is 12.1 Å². The maximum Gasteiger partial charge on any atom is 0.337 e. The fourth-order valence-electron chi connectivity index (χ4n) is 1.23. The van der Waals surface area contributed by atoms with Crippen LogP contribution in [-0.2, 0) is 0 Å². The van der Waals surface area contributed by atoms with Crippen LogP contribution in [0.1, 0.15) is 10.4 Å². The van der Waals surface area contributed by atoms with Gasteiger partial charge in [-0.3, -0.25) is 0 Å². The van der Waals surface area contributed by atoms with Crippen molar-refractivity contribution in [2.24, 2.45) is 0 Å². The van der Waals surface area contributed by atoms with Crippen molar-refractivity contribution in [3.63, 3.8) is 0 Å². The first-order chi connectivity index (χ1) is 6.20. The Morgan fingerprint density at radius 2 is 2.31 bits per heavy atom. The quantitative estimate of drug-likeness (QED) is 0.563. The first kappa shape index (κ1) is 7.60. The zero-order chi connectivity index (χ0) is 9.42. The van der Waals surface area contributed by atoms with Crippen LogP contribution in [0.2, 0.25) is 0 Å². The second-order valence-electron chi connectivity index (χ2n) is 2.63. The van der Waals surface area contributed by atoms with Crippen LogP contribution in [0, 0.1) is 0 Å². The van der Waals surface area contributed by atoms with E-state index in [0.717, 1.165) is 0 Å². The number of aromatic carboxylic acids is 1. The Morgan fingerprint density at radius 3 is 3.00 bits per heavy atom. The summed E-state index contributed by atoms with van der Waals surface area (Å²) < 4.78 is 0. The number of H-pyrrole nitrogens is 1. The Labute approximate surface area is 73.2 Å². The van der Waals surface area contributed by atoms with Crippen LogP contribution in [0.4, 0.5) is 5.69 Å². The topological polar surface area (TPSA) is 92.0 Å². The van der Waals surface area contributed by atoms with Crippen molar-refractivity contribution in [1.29, 1.82) is 0 Å². The summed E-state index contributed by atoms with van der Waals surface area (Å²) in [5, 5.41) is 8.80. The van der Waals surface area contributed by atoms with Crippen LogP contribution >= 0.6 is 0 Å². The minimum absolute atomic E-state index is 0.158. The summed E-state index contributed by atoms with van der Waals surface area (Å²) >= 11 is 0. The highest BCUT2D eigenvalue weighted by atomic mass is 16.4. The molecular formula is C8H7N3O2. The number of carbonyl (C=O) groups is 1. The summed E-state index contributed by atoms with van der Waals surface area (Å²) in [6.07, 6.45) is 1.42. The van der Waals surface area contributed by atoms with Gasteiger partial charge < -0.3 is 15.8 Å². The van der Waals surface area contributed by atoms with E-state index in [4.69, 9.17) is 10.8 Å². The molecule has 0 radical (unpaired) electrons. The number of aromatic amines is 1. The highest BCUT2D eigenvalue weighted by molar-refractivity contribution is 6.04. The fourth-order valence-corrected chi connectivity index (χ4v) is 1.23. The van der Waals surface area contributed by atoms with Gasteiger partial charge in [-0.2, -0.15) is 0 Å². The number of fused-ring (bicyclic) bond motifs is 1. The number of aromatic nitrogens is 2. The van der Waals surface area contributed by atoms with E-state index in [1.807, 2.05) is 0 Å². The van der Waals surface area contributed by atoms with Gasteiger partial charge in [-0.15, -0.1) is 0 Å². The van der Waals surface area contributed by atoms with Gasteiger partial charge in [-0.25, -0.2) is 9.78 Å². The summed E-state index contributed by atoms with van der Waals surface area (Å²) in [5.41, 5.74) is 7.23. The summed E-state index contributed by atoms with van der Waals surface area (Å²) in [5.74, 6) is -1.00. The van der Waals surface area contributed by atoms with E-state index in [1.54, 1.807) is 6.07 Å². The summed E-state index contributed by atoms with van der Waals surface area (Å²) in [7, 11) is 0. The van der Waals surface area contributed by atoms with Crippen LogP contribution in [0.3, 0.4) is 0 Å². The lowest BCUT2D eigenvalue weighted by Gasteiger charge is -1.98. The monoisotopic (exact) mass is 177 g/mol. The van der Waals surface area contributed by atoms with E-state index in [1.165, 1.54) is 12.4 Å². The van der Waals surface area contributed by atoms with E-state index in [-0.39, 0.29) is 5.56 Å². The van der Waals surface area contributed by atoms with Gasteiger partial charge in [0.1, 0.15) is 5.52 Å². The number of benzene rings is 1. The number of imidazole rings is 1. The molecule has 1 heterocycles. The normalized spacial score (nSPS) is 10.5. The molecule has 0 aliphatic heterocycles. The second-order valence-corrected chi connectivity index (χ2v) is 2.63. The molecule has 0 amide bonds. The van der Waals surface area contributed by atoms with Crippen LogP contribution < -0.4 is 5.73 Å². The number of carboxylic acids is 1. The first-order valence-electron chi connectivity index (χ1n) is 3.65. The maximum atomic E-state index is 10.7. The van der Waals surface area contributed by atoms with Gasteiger partial charge >= 0.3 is 5.97 Å². The molecule has 0 saturated carbocycles. The standard InChI is InChI=1S/C8H7N3O2/c9-5-2-1-4(8(12)13)6-7(5)11-3-10-6/h1-3H,9H2,(H,10,11)(H,12,13). The first-order valence-corrected chi connectivity index (χ1v) is 3.65. The van der Waals surface area contributed by atoms with Gasteiger partial charge in [0.2, 0.25) is 0 Å². The molecule has 0 aliphatic carbocycles. The van der Waals surface area contributed by atoms with Crippen molar-refractivity contribution in [2.45, 2.75) is 0 Å². The van der Waals surface area contributed by atoms with Crippen molar-refractivity contribution >= 4 is 22.7 Å². The van der Waals surface area contributed by atoms with E-state index in [9.17, 15) is 4.79 Å². The molecule has 0 bridgehead atoms. The number of hydrogen-bond acceptors (Lipinski definition) is 3. The average Bonchev–Trinajstić information content (AvgIpc) is 2.53. The molecule has 0 atom stereocenters. The predicted octanol–water partition coefficient (Wildman–Crippen LogP) is 0.843. The highest BCUT2D eigenvalue weighted by Crippen LogP contribution is 2.20. The molecule has 2 aromatic rings. The van der Waals surface area contributed by atoms with Gasteiger partial charge in [-0.1, -0.05) is 0 Å². The summed E-state index contributed by atoms with van der Waals surface area (Å²) in [6.45, 7) is 0. The molecule has 66 valence electrons. The molecule has 5 nitrogen and oxygen atoms in total. The van der Waals surface area contributed by atoms with Gasteiger partial charge in [0.15, 0.2) is 0 Å². The number of nitrogens with two attached hydrogens (primary N) is 1. The summed E-state index contributed by atoms with van der Waals surface area (Å²) in [6, 6.07) is 2.99. The number of anilines is 1. The van der Waals surface area contributed by atoms with Crippen LogP contribution in [0.25, 0.3) is 11.0 Å². The zero-order valence-corrected chi connectivity index (χ0v) is 6.61. The third-order valence-corrected chi connectivity index (χ3v) is 1.84. The maximum absolute atomic E-state index is 10.7. The molecule has 0 fully saturated rings. The lowest BCUT2D eigenvalue weighted by atomic mass is 10.1. The minimum atomic E-state index is -1.00. The molecule has 5 heteroatoms. The van der Waals surface area contributed by atoms with Crippen molar-refractivity contribution in [3.05, 3.63) is 24.0 Å². The third kappa shape index (κ3) is 1.01. The number of hydrogen-bond donors (Lipinski definition) is 3. The zero-order valence-electron chi connectivity index (χ0n) is 6.61. The number of nitrogens with zero attached hydrogens (tertiary/aromatic N) is 1. The number of rotatable bonds is 1. The fraction of sp³-hybridized carbons (Fsp3) is 0. The van der Waals surface area contributed by atoms with Crippen molar-refractivity contribution < 1.29 is 9.90 Å². The number of nitrogens with one attached hydrogen (secondary N) is 1. The molecule has 1 aromatic carbocycles. The molecule has 13 heavy (non-hydrogen) atoms. The van der Waals surface area contributed by atoms with Gasteiger partial charge in [0.25, 0.3) is 0 Å². The number of nitrogen functional groups attached to an aromatic ring is 1. The van der Waals surface area contributed by atoms with Crippen molar-refractivity contribution in [2.75, 3.05) is 5.73 Å². The average molecular weight is 177 g/mol. The molecule has 0 unspecified atom stereocenters. The van der Waals surface area contributed by atoms with Crippen LogP contribution in [0.15, 0.2) is 18.5 Å². The largest absolute Gasteiger partial charge is 0.478 e. The van der Waals surface area contributed by atoms with Crippen LogP contribution in [0.5, 0.6) is 0 Å². The summed E-state index contributed by atoms with van der Waals surface area (Å²) in [4.78, 5) is 17.4. The Kier molecular flexibility index (Phi) is 1.45. The Hall–Kier alpha value is -2.04. The Bertz CT molecular complexity index is 475. The van der Waals surface area contributed by atoms with Gasteiger partial charge in [0.05, 0.1) is 23.1 Å². The lowest BCUT2D eigenvalue weighted by Crippen LogP contribution is -1.98. The Morgan fingerprint density at radius 1 is 1.54 bits per heavy atom. The van der Waals surface area contributed by atoms with E-state index in [0.29, 0.717) is 16.7 Å². The molecule has 1 aromatic heterocycles. The second kappa shape index (κ2) is 2.48. The third-order valence-electron chi connectivity index (χ3n) is 1.84. The number of carboxylic acid groups (broad SMARTS) is 1. The molecule has 0 spiro atoms. The van der Waals surface area contributed by atoms with Crippen molar-refractivity contribution in [1.82, 2.24) is 9.97 Å². The van der Waals surface area contributed by atoms with E-state index in [2.05, 4.69) is 9.97 Å². The molecular weight excluding hydrogens is 170 g/mol. The smallest absolute Gasteiger partial charge is 0.337 e.